The minimum absolute atomic E-state index is 0.376. The average Bonchev–Trinajstić information content (AvgIpc) is 3.16. The molecule has 0 aliphatic heterocycles. The van der Waals surface area contributed by atoms with Crippen molar-refractivity contribution in [3.8, 4) is 34.8 Å². The first-order chi connectivity index (χ1) is 9.80. The van der Waals surface area contributed by atoms with E-state index in [2.05, 4.69) is 9.97 Å². The fourth-order valence-corrected chi connectivity index (χ4v) is 1.73. The zero-order valence-electron chi connectivity index (χ0n) is 11.0. The largest absolute Gasteiger partial charge is 0.467 e. The Balaban J connectivity index is 1.87. The lowest BCUT2D eigenvalue weighted by Crippen LogP contribution is -1.80. The van der Waals surface area contributed by atoms with Crippen molar-refractivity contribution in [1.82, 2.24) is 9.97 Å². The standard InChI is InChI=1S/C14H12N2O4/c1-17-11-7-15-13(19-11)9-3-5-10(6-4-9)14-16-8-12(18-2)20-14/h3-8H,1-2H3. The van der Waals surface area contributed by atoms with Crippen molar-refractivity contribution in [3.63, 3.8) is 0 Å². The zero-order valence-corrected chi connectivity index (χ0v) is 11.0. The fraction of sp³-hybridized carbons (Fsp3) is 0.143. The summed E-state index contributed by atoms with van der Waals surface area (Å²) in [6.07, 6.45) is 3.06. The maximum Gasteiger partial charge on any atom is 0.305 e. The van der Waals surface area contributed by atoms with Crippen molar-refractivity contribution in [2.45, 2.75) is 0 Å². The molecule has 0 bridgehead atoms. The van der Waals surface area contributed by atoms with Crippen LogP contribution in [0, 0.1) is 0 Å². The van der Waals surface area contributed by atoms with E-state index in [9.17, 15) is 0 Å². The molecular weight excluding hydrogens is 260 g/mol. The molecule has 0 amide bonds. The van der Waals surface area contributed by atoms with Gasteiger partial charge in [-0.25, -0.2) is 9.97 Å². The van der Waals surface area contributed by atoms with Gasteiger partial charge >= 0.3 is 11.9 Å². The number of methoxy groups -OCH3 is 2. The molecule has 0 fully saturated rings. The van der Waals surface area contributed by atoms with Crippen LogP contribution in [0.1, 0.15) is 0 Å². The molecule has 2 aromatic heterocycles. The lowest BCUT2D eigenvalue weighted by Gasteiger charge is -1.98. The Morgan fingerprint density at radius 3 is 1.45 bits per heavy atom. The van der Waals surface area contributed by atoms with E-state index < -0.39 is 0 Å². The van der Waals surface area contributed by atoms with Gasteiger partial charge < -0.3 is 18.3 Å². The highest BCUT2D eigenvalue weighted by molar-refractivity contribution is 5.61. The Kier molecular flexibility index (Phi) is 3.12. The summed E-state index contributed by atoms with van der Waals surface area (Å²) in [7, 11) is 3.06. The highest BCUT2D eigenvalue weighted by Crippen LogP contribution is 2.27. The van der Waals surface area contributed by atoms with Gasteiger partial charge in [-0.2, -0.15) is 0 Å². The monoisotopic (exact) mass is 272 g/mol. The van der Waals surface area contributed by atoms with Crippen LogP contribution in [0.4, 0.5) is 0 Å². The van der Waals surface area contributed by atoms with E-state index in [0.717, 1.165) is 11.1 Å². The maximum atomic E-state index is 5.39. The number of benzene rings is 1. The smallest absolute Gasteiger partial charge is 0.305 e. The lowest BCUT2D eigenvalue weighted by atomic mass is 10.1. The first-order valence-electron chi connectivity index (χ1n) is 5.90. The second-order valence-corrected chi connectivity index (χ2v) is 3.95. The van der Waals surface area contributed by atoms with Crippen LogP contribution in [-0.4, -0.2) is 24.2 Å². The summed E-state index contributed by atoms with van der Waals surface area (Å²) in [6, 6.07) is 7.49. The number of hydrogen-bond acceptors (Lipinski definition) is 6. The van der Waals surface area contributed by atoms with Gasteiger partial charge in [-0.05, 0) is 24.3 Å². The summed E-state index contributed by atoms with van der Waals surface area (Å²) < 4.78 is 20.7. The second-order valence-electron chi connectivity index (χ2n) is 3.95. The molecule has 0 spiro atoms. The van der Waals surface area contributed by atoms with Gasteiger partial charge in [0.2, 0.25) is 11.8 Å². The van der Waals surface area contributed by atoms with E-state index in [1.54, 1.807) is 0 Å². The van der Waals surface area contributed by atoms with Crippen LogP contribution in [0.2, 0.25) is 0 Å². The molecule has 0 aliphatic rings. The Hall–Kier alpha value is -2.76. The van der Waals surface area contributed by atoms with Crippen LogP contribution in [0.3, 0.4) is 0 Å². The number of aromatic nitrogens is 2. The number of rotatable bonds is 4. The first kappa shape index (κ1) is 12.3. The number of hydrogen-bond donors (Lipinski definition) is 0. The van der Waals surface area contributed by atoms with E-state index in [1.165, 1.54) is 26.6 Å². The lowest BCUT2D eigenvalue weighted by molar-refractivity contribution is 0.308. The molecule has 3 aromatic rings. The molecule has 6 heteroatoms. The molecular formula is C14H12N2O4. The highest BCUT2D eigenvalue weighted by atomic mass is 16.6. The van der Waals surface area contributed by atoms with Crippen LogP contribution in [0.15, 0.2) is 45.5 Å². The molecule has 0 N–H and O–H groups in total. The van der Waals surface area contributed by atoms with Gasteiger partial charge in [-0.3, -0.25) is 0 Å². The summed E-state index contributed by atoms with van der Waals surface area (Å²) in [5, 5.41) is 0. The van der Waals surface area contributed by atoms with Gasteiger partial charge in [0.15, 0.2) is 0 Å². The molecule has 2 heterocycles. The fourth-order valence-electron chi connectivity index (χ4n) is 1.73. The number of nitrogens with zero attached hydrogens (tertiary/aromatic N) is 2. The third-order valence-corrected chi connectivity index (χ3v) is 2.75. The first-order valence-corrected chi connectivity index (χ1v) is 5.90. The minimum atomic E-state index is 0.376. The molecule has 0 aliphatic carbocycles. The van der Waals surface area contributed by atoms with Gasteiger partial charge in [0.1, 0.15) is 12.4 Å². The summed E-state index contributed by atoms with van der Waals surface area (Å²) in [5.74, 6) is 1.75. The van der Waals surface area contributed by atoms with Gasteiger partial charge in [0, 0.05) is 11.1 Å². The van der Waals surface area contributed by atoms with Gasteiger partial charge in [0.25, 0.3) is 0 Å². The summed E-state index contributed by atoms with van der Waals surface area (Å²) in [6.45, 7) is 0. The highest BCUT2D eigenvalue weighted by Gasteiger charge is 2.09. The molecule has 0 radical (unpaired) electrons. The van der Waals surface area contributed by atoms with Crippen molar-refractivity contribution in [3.05, 3.63) is 36.7 Å². The van der Waals surface area contributed by atoms with E-state index in [-0.39, 0.29) is 0 Å². The normalized spacial score (nSPS) is 10.5. The summed E-state index contributed by atoms with van der Waals surface area (Å²) in [5.41, 5.74) is 1.69. The molecule has 0 saturated carbocycles. The topological polar surface area (TPSA) is 70.5 Å². The molecule has 6 nitrogen and oxygen atoms in total. The number of ether oxygens (including phenoxy) is 2. The van der Waals surface area contributed by atoms with Crippen LogP contribution < -0.4 is 9.47 Å². The quantitative estimate of drug-likeness (QED) is 0.727. The van der Waals surface area contributed by atoms with Crippen molar-refractivity contribution in [1.29, 1.82) is 0 Å². The van der Waals surface area contributed by atoms with Gasteiger partial charge in [-0.15, -0.1) is 0 Å². The van der Waals surface area contributed by atoms with Gasteiger partial charge in [0.05, 0.1) is 14.2 Å². The van der Waals surface area contributed by atoms with E-state index in [4.69, 9.17) is 18.3 Å². The second kappa shape index (κ2) is 5.08. The van der Waals surface area contributed by atoms with Crippen LogP contribution in [0.5, 0.6) is 11.9 Å². The van der Waals surface area contributed by atoms with E-state index >= 15 is 0 Å². The Labute approximate surface area is 115 Å². The third-order valence-electron chi connectivity index (χ3n) is 2.75. The molecule has 102 valence electrons. The van der Waals surface area contributed by atoms with E-state index in [0.29, 0.717) is 23.7 Å². The Morgan fingerprint density at radius 1 is 0.750 bits per heavy atom. The molecule has 0 saturated heterocycles. The SMILES string of the molecule is COc1cnc(-c2ccc(-c3ncc(OC)o3)cc2)o1. The molecule has 0 unspecified atom stereocenters. The zero-order chi connectivity index (χ0) is 13.9. The number of oxazole rings is 2. The predicted molar refractivity (Wildman–Crippen MR) is 70.5 cm³/mol. The minimum Gasteiger partial charge on any atom is -0.467 e. The van der Waals surface area contributed by atoms with Crippen molar-refractivity contribution < 1.29 is 18.3 Å². The van der Waals surface area contributed by atoms with Crippen LogP contribution in [-0.2, 0) is 0 Å². The summed E-state index contributed by atoms with van der Waals surface area (Å²) >= 11 is 0. The van der Waals surface area contributed by atoms with Crippen LogP contribution >= 0.6 is 0 Å². The summed E-state index contributed by atoms with van der Waals surface area (Å²) in [4.78, 5) is 8.25. The van der Waals surface area contributed by atoms with Crippen molar-refractivity contribution >= 4 is 0 Å². The Bertz CT molecular complexity index is 639. The van der Waals surface area contributed by atoms with Crippen LogP contribution in [0.25, 0.3) is 22.9 Å². The molecule has 1 aromatic carbocycles. The third kappa shape index (κ3) is 2.23. The van der Waals surface area contributed by atoms with Crippen molar-refractivity contribution in [2.24, 2.45) is 0 Å². The Morgan fingerprint density at radius 2 is 1.15 bits per heavy atom. The predicted octanol–water partition coefficient (Wildman–Crippen LogP) is 3.01. The van der Waals surface area contributed by atoms with Crippen molar-refractivity contribution in [2.75, 3.05) is 14.2 Å². The van der Waals surface area contributed by atoms with Gasteiger partial charge in [-0.1, -0.05) is 0 Å². The molecule has 3 rings (SSSR count). The van der Waals surface area contributed by atoms with E-state index in [1.807, 2.05) is 24.3 Å². The molecule has 0 atom stereocenters. The molecule has 20 heavy (non-hydrogen) atoms. The average molecular weight is 272 g/mol. The maximum absolute atomic E-state index is 5.39.